The van der Waals surface area contributed by atoms with Gasteiger partial charge in [-0.2, -0.15) is 0 Å². The SMILES string of the molecule is C=CCC(CC)/C(=C/C=C(\C)C(N=CC)=NC)CC. The lowest BCUT2D eigenvalue weighted by atomic mass is 9.90. The van der Waals surface area contributed by atoms with Crippen LogP contribution in [0.2, 0.25) is 0 Å². The lowest BCUT2D eigenvalue weighted by Crippen LogP contribution is -2.01. The maximum atomic E-state index is 4.26. The third kappa shape index (κ3) is 6.32. The van der Waals surface area contributed by atoms with Crippen LogP contribution in [0.5, 0.6) is 0 Å². The second-order valence-electron chi connectivity index (χ2n) is 4.51. The summed E-state index contributed by atoms with van der Waals surface area (Å²) in [5.41, 5.74) is 2.57. The zero-order valence-electron chi connectivity index (χ0n) is 13.1. The van der Waals surface area contributed by atoms with Gasteiger partial charge >= 0.3 is 0 Å². The molecule has 0 N–H and O–H groups in total. The smallest absolute Gasteiger partial charge is 0.149 e. The highest BCUT2D eigenvalue weighted by atomic mass is 14.9. The van der Waals surface area contributed by atoms with E-state index in [1.165, 1.54) is 5.57 Å². The minimum atomic E-state index is 0.600. The molecule has 0 rings (SSSR count). The van der Waals surface area contributed by atoms with Crippen molar-refractivity contribution in [3.63, 3.8) is 0 Å². The van der Waals surface area contributed by atoms with Crippen LogP contribution >= 0.6 is 0 Å². The Labute approximate surface area is 118 Å². The molecule has 0 saturated carbocycles. The summed E-state index contributed by atoms with van der Waals surface area (Å²) in [5.74, 6) is 1.40. The molecule has 0 aromatic heterocycles. The molecule has 1 unspecified atom stereocenters. The van der Waals surface area contributed by atoms with E-state index >= 15 is 0 Å². The van der Waals surface area contributed by atoms with Gasteiger partial charge in [-0.3, -0.25) is 4.99 Å². The average Bonchev–Trinajstić information content (AvgIpc) is 2.43. The second kappa shape index (κ2) is 10.5. The van der Waals surface area contributed by atoms with E-state index in [4.69, 9.17) is 0 Å². The van der Waals surface area contributed by atoms with Gasteiger partial charge in [-0.05, 0) is 44.6 Å². The Balaban J connectivity index is 5.11. The number of amidine groups is 1. The normalized spacial score (nSPS) is 15.9. The standard InChI is InChI=1S/C17H28N2/c1-7-11-15(8-2)16(9-3)13-12-14(5)17(18-6)19-10-4/h7,10,12-13,15H,1,8-9,11H2,2-6H3/b14-12+,16-13+,18-17?,19-10?. The fraction of sp³-hybridized carbons (Fsp3) is 0.529. The van der Waals surface area contributed by atoms with Gasteiger partial charge in [0.25, 0.3) is 0 Å². The first-order valence-corrected chi connectivity index (χ1v) is 7.08. The Morgan fingerprint density at radius 2 is 1.95 bits per heavy atom. The van der Waals surface area contributed by atoms with Crippen LogP contribution in [0, 0.1) is 5.92 Å². The van der Waals surface area contributed by atoms with Gasteiger partial charge in [0.1, 0.15) is 5.84 Å². The van der Waals surface area contributed by atoms with Gasteiger partial charge in [0, 0.05) is 13.3 Å². The first-order chi connectivity index (χ1) is 9.14. The Morgan fingerprint density at radius 1 is 1.26 bits per heavy atom. The monoisotopic (exact) mass is 260 g/mol. The minimum absolute atomic E-state index is 0.600. The Kier molecular flexibility index (Phi) is 9.69. The summed E-state index contributed by atoms with van der Waals surface area (Å²) in [6, 6.07) is 0. The molecule has 0 aliphatic rings. The molecule has 2 heteroatoms. The van der Waals surface area contributed by atoms with E-state index in [-0.39, 0.29) is 0 Å². The number of hydrogen-bond acceptors (Lipinski definition) is 1. The summed E-state index contributed by atoms with van der Waals surface area (Å²) in [7, 11) is 1.77. The van der Waals surface area contributed by atoms with E-state index in [2.05, 4.69) is 42.6 Å². The van der Waals surface area contributed by atoms with Gasteiger partial charge in [-0.15, -0.1) is 6.58 Å². The molecule has 0 saturated heterocycles. The van der Waals surface area contributed by atoms with E-state index < -0.39 is 0 Å². The van der Waals surface area contributed by atoms with Crippen LogP contribution in [0.1, 0.15) is 47.0 Å². The summed E-state index contributed by atoms with van der Waals surface area (Å²) in [6.45, 7) is 12.2. The molecule has 2 nitrogen and oxygen atoms in total. The number of nitrogens with zero attached hydrogens (tertiary/aromatic N) is 2. The molecule has 106 valence electrons. The zero-order chi connectivity index (χ0) is 14.7. The van der Waals surface area contributed by atoms with Crippen molar-refractivity contribution in [3.8, 4) is 0 Å². The van der Waals surface area contributed by atoms with Crippen LogP contribution in [-0.2, 0) is 0 Å². The quantitative estimate of drug-likeness (QED) is 0.267. The Morgan fingerprint density at radius 3 is 2.37 bits per heavy atom. The van der Waals surface area contributed by atoms with Gasteiger partial charge in [0.05, 0.1) is 0 Å². The van der Waals surface area contributed by atoms with Crippen molar-refractivity contribution < 1.29 is 0 Å². The highest BCUT2D eigenvalue weighted by Crippen LogP contribution is 2.22. The van der Waals surface area contributed by atoms with Gasteiger partial charge in [0.15, 0.2) is 0 Å². The maximum Gasteiger partial charge on any atom is 0.149 e. The van der Waals surface area contributed by atoms with Crippen molar-refractivity contribution in [2.75, 3.05) is 7.05 Å². The van der Waals surface area contributed by atoms with Crippen molar-refractivity contribution in [1.82, 2.24) is 0 Å². The van der Waals surface area contributed by atoms with Gasteiger partial charge in [0.2, 0.25) is 0 Å². The Bertz CT molecular complexity index is 384. The minimum Gasteiger partial charge on any atom is -0.270 e. The fourth-order valence-electron chi connectivity index (χ4n) is 2.09. The molecule has 0 bridgehead atoms. The number of hydrogen-bond donors (Lipinski definition) is 0. The van der Waals surface area contributed by atoms with Gasteiger partial charge in [-0.1, -0.05) is 37.6 Å². The molecule has 19 heavy (non-hydrogen) atoms. The van der Waals surface area contributed by atoms with Crippen molar-refractivity contribution in [2.24, 2.45) is 15.9 Å². The highest BCUT2D eigenvalue weighted by molar-refractivity contribution is 6.02. The summed E-state index contributed by atoms with van der Waals surface area (Å²) >= 11 is 0. The molecule has 0 spiro atoms. The van der Waals surface area contributed by atoms with E-state index in [0.717, 1.165) is 30.7 Å². The molecule has 0 radical (unpaired) electrons. The van der Waals surface area contributed by atoms with E-state index in [1.807, 2.05) is 19.9 Å². The number of rotatable bonds is 7. The van der Waals surface area contributed by atoms with Crippen LogP contribution in [0.15, 0.2) is 45.9 Å². The predicted molar refractivity (Wildman–Crippen MR) is 88.3 cm³/mol. The predicted octanol–water partition coefficient (Wildman–Crippen LogP) is 4.99. The summed E-state index contributed by atoms with van der Waals surface area (Å²) in [5, 5.41) is 0. The maximum absolute atomic E-state index is 4.26. The largest absolute Gasteiger partial charge is 0.270 e. The first kappa shape index (κ1) is 17.6. The molecule has 0 fully saturated rings. The van der Waals surface area contributed by atoms with Crippen LogP contribution in [0.4, 0.5) is 0 Å². The molecule has 1 atom stereocenters. The van der Waals surface area contributed by atoms with Crippen LogP contribution < -0.4 is 0 Å². The zero-order valence-corrected chi connectivity index (χ0v) is 13.1. The summed E-state index contributed by atoms with van der Waals surface area (Å²) in [4.78, 5) is 8.45. The fourth-order valence-corrected chi connectivity index (χ4v) is 2.09. The number of allylic oxidation sites excluding steroid dienone is 4. The topological polar surface area (TPSA) is 24.7 Å². The van der Waals surface area contributed by atoms with Crippen molar-refractivity contribution in [3.05, 3.63) is 36.0 Å². The van der Waals surface area contributed by atoms with Gasteiger partial charge in [-0.25, -0.2) is 4.99 Å². The molecule has 0 aliphatic carbocycles. The highest BCUT2D eigenvalue weighted by Gasteiger charge is 2.08. The molecule has 0 heterocycles. The number of aliphatic imine (C=N–C) groups is 2. The summed E-state index contributed by atoms with van der Waals surface area (Å²) < 4.78 is 0. The molecule has 0 aliphatic heterocycles. The van der Waals surface area contributed by atoms with E-state index in [9.17, 15) is 0 Å². The average molecular weight is 260 g/mol. The first-order valence-electron chi connectivity index (χ1n) is 7.08. The van der Waals surface area contributed by atoms with Crippen molar-refractivity contribution >= 4 is 12.1 Å². The lowest BCUT2D eigenvalue weighted by Gasteiger charge is -2.15. The summed E-state index contributed by atoms with van der Waals surface area (Å²) in [6.07, 6.45) is 11.4. The van der Waals surface area contributed by atoms with Gasteiger partial charge < -0.3 is 0 Å². The third-order valence-electron chi connectivity index (χ3n) is 3.24. The van der Waals surface area contributed by atoms with Crippen molar-refractivity contribution in [1.29, 1.82) is 0 Å². The van der Waals surface area contributed by atoms with Crippen molar-refractivity contribution in [2.45, 2.75) is 47.0 Å². The van der Waals surface area contributed by atoms with E-state index in [1.54, 1.807) is 13.3 Å². The molecule has 0 amide bonds. The molecule has 0 aromatic rings. The molecule has 0 aromatic carbocycles. The Hall–Kier alpha value is -1.44. The lowest BCUT2D eigenvalue weighted by molar-refractivity contribution is 0.583. The van der Waals surface area contributed by atoms with Crippen LogP contribution in [0.25, 0.3) is 0 Å². The third-order valence-corrected chi connectivity index (χ3v) is 3.24. The second-order valence-corrected chi connectivity index (χ2v) is 4.51. The molecular weight excluding hydrogens is 232 g/mol. The van der Waals surface area contributed by atoms with Crippen LogP contribution in [-0.4, -0.2) is 19.1 Å². The molecular formula is C17H28N2. The van der Waals surface area contributed by atoms with E-state index in [0.29, 0.717) is 5.92 Å². The van der Waals surface area contributed by atoms with Crippen LogP contribution in [0.3, 0.4) is 0 Å².